The fraction of sp³-hybridized carbons (Fsp3) is 0.381. The van der Waals surface area contributed by atoms with E-state index in [0.717, 1.165) is 43.1 Å². The van der Waals surface area contributed by atoms with Crippen LogP contribution in [0.3, 0.4) is 0 Å². The van der Waals surface area contributed by atoms with Gasteiger partial charge in [0.05, 0.1) is 25.7 Å². The van der Waals surface area contributed by atoms with E-state index in [4.69, 9.17) is 14.6 Å². The zero-order chi connectivity index (χ0) is 22.4. The molecule has 0 bridgehead atoms. The molecule has 0 saturated carbocycles. The Morgan fingerprint density at radius 3 is 2.29 bits per heavy atom. The number of benzene rings is 2. The lowest BCUT2D eigenvalue weighted by Crippen LogP contribution is -2.42. The van der Waals surface area contributed by atoms with Crippen molar-refractivity contribution in [2.45, 2.75) is 23.8 Å². The van der Waals surface area contributed by atoms with Gasteiger partial charge < -0.3 is 20.1 Å². The number of nitrogens with zero attached hydrogens (tertiary/aromatic N) is 1. The number of amides is 1. The van der Waals surface area contributed by atoms with Crippen molar-refractivity contribution in [1.29, 1.82) is 0 Å². The first-order valence-corrected chi connectivity index (χ1v) is 11.5. The lowest BCUT2D eigenvalue weighted by molar-refractivity contribution is -0.117. The molecule has 0 spiro atoms. The lowest BCUT2D eigenvalue weighted by atomic mass is 10.0. The molecule has 0 unspecified atom stereocenters. The first-order valence-electron chi connectivity index (χ1n) is 9.91. The Morgan fingerprint density at radius 2 is 1.71 bits per heavy atom. The number of hydrogen-bond donors (Lipinski definition) is 3. The van der Waals surface area contributed by atoms with Gasteiger partial charge in [0.1, 0.15) is 11.5 Å². The van der Waals surface area contributed by atoms with Crippen LogP contribution in [0.4, 0.5) is 11.4 Å². The van der Waals surface area contributed by atoms with Crippen LogP contribution in [0.15, 0.2) is 47.4 Å². The minimum Gasteiger partial charge on any atom is -0.497 e. The maximum atomic E-state index is 12.4. The number of rotatable bonds is 8. The fourth-order valence-corrected chi connectivity index (χ4v) is 4.08. The number of piperidine rings is 1. The van der Waals surface area contributed by atoms with Crippen molar-refractivity contribution < 1.29 is 22.7 Å². The van der Waals surface area contributed by atoms with E-state index in [9.17, 15) is 13.2 Å². The van der Waals surface area contributed by atoms with Gasteiger partial charge in [-0.2, -0.15) is 0 Å². The highest BCUT2D eigenvalue weighted by Crippen LogP contribution is 2.27. The lowest BCUT2D eigenvalue weighted by Gasteiger charge is -2.32. The van der Waals surface area contributed by atoms with Crippen molar-refractivity contribution in [3.05, 3.63) is 42.5 Å². The Bertz CT molecular complexity index is 998. The molecule has 1 saturated heterocycles. The summed E-state index contributed by atoms with van der Waals surface area (Å²) in [6.45, 7) is 1.77. The molecular weight excluding hydrogens is 420 g/mol. The Morgan fingerprint density at radius 1 is 1.06 bits per heavy atom. The van der Waals surface area contributed by atoms with Crippen molar-refractivity contribution >= 4 is 27.3 Å². The van der Waals surface area contributed by atoms with Crippen molar-refractivity contribution in [2.24, 2.45) is 5.14 Å². The average Bonchev–Trinajstić information content (AvgIpc) is 2.74. The van der Waals surface area contributed by atoms with E-state index in [1.807, 2.05) is 18.2 Å². The SMILES string of the molecule is COc1cc(NC2CCN(CC(=O)Nc3cccc(S(N)(=O)=O)c3)CC2)cc(OC)c1. The molecule has 1 amide bonds. The molecule has 10 heteroatoms. The normalized spacial score (nSPS) is 15.3. The van der Waals surface area contributed by atoms with Crippen LogP contribution in [0.25, 0.3) is 0 Å². The maximum absolute atomic E-state index is 12.4. The summed E-state index contributed by atoms with van der Waals surface area (Å²) in [5.41, 5.74) is 1.34. The second-order valence-corrected chi connectivity index (χ2v) is 8.98. The van der Waals surface area contributed by atoms with Crippen LogP contribution in [-0.4, -0.2) is 59.1 Å². The molecule has 31 heavy (non-hydrogen) atoms. The first-order chi connectivity index (χ1) is 14.8. The number of sulfonamides is 1. The number of methoxy groups -OCH3 is 2. The summed E-state index contributed by atoms with van der Waals surface area (Å²) < 4.78 is 33.5. The van der Waals surface area contributed by atoms with E-state index in [1.54, 1.807) is 26.4 Å². The zero-order valence-electron chi connectivity index (χ0n) is 17.6. The summed E-state index contributed by atoms with van der Waals surface area (Å²) in [6, 6.07) is 11.9. The van der Waals surface area contributed by atoms with Crippen molar-refractivity contribution in [3.8, 4) is 11.5 Å². The number of ether oxygens (including phenoxy) is 2. The molecule has 1 aliphatic rings. The van der Waals surface area contributed by atoms with Crippen molar-refractivity contribution in [1.82, 2.24) is 4.90 Å². The first kappa shape index (κ1) is 22.9. The predicted octanol–water partition coefficient (Wildman–Crippen LogP) is 1.87. The van der Waals surface area contributed by atoms with E-state index in [2.05, 4.69) is 15.5 Å². The van der Waals surface area contributed by atoms with Crippen molar-refractivity contribution in [2.75, 3.05) is 44.5 Å². The van der Waals surface area contributed by atoms with Gasteiger partial charge >= 0.3 is 0 Å². The van der Waals surface area contributed by atoms with Crippen LogP contribution >= 0.6 is 0 Å². The molecule has 3 rings (SSSR count). The molecule has 1 heterocycles. The number of carbonyl (C=O) groups is 1. The van der Waals surface area contributed by atoms with E-state index in [-0.39, 0.29) is 23.4 Å². The van der Waals surface area contributed by atoms with Gasteiger partial charge in [-0.05, 0) is 31.0 Å². The second kappa shape index (κ2) is 9.99. The third-order valence-corrected chi connectivity index (χ3v) is 6.03. The molecule has 1 aliphatic heterocycles. The number of anilines is 2. The minimum atomic E-state index is -3.81. The number of hydrogen-bond acceptors (Lipinski definition) is 7. The minimum absolute atomic E-state index is 0.0358. The van der Waals surface area contributed by atoms with Gasteiger partial charge in [-0.25, -0.2) is 13.6 Å². The van der Waals surface area contributed by atoms with E-state index in [0.29, 0.717) is 5.69 Å². The van der Waals surface area contributed by atoms with Gasteiger partial charge in [-0.15, -0.1) is 0 Å². The zero-order valence-corrected chi connectivity index (χ0v) is 18.4. The standard InChI is InChI=1S/C21H28N4O5S/c1-29-18-10-17(11-19(13-18)30-2)23-15-6-8-25(9-7-15)14-21(26)24-16-4-3-5-20(12-16)31(22,27)28/h3-5,10-13,15,23H,6-9,14H2,1-2H3,(H,24,26)(H2,22,27,28). The number of nitrogens with two attached hydrogens (primary N) is 1. The molecule has 2 aromatic carbocycles. The highest BCUT2D eigenvalue weighted by atomic mass is 32.2. The highest BCUT2D eigenvalue weighted by molar-refractivity contribution is 7.89. The third-order valence-electron chi connectivity index (χ3n) is 5.12. The van der Waals surface area contributed by atoms with Gasteiger partial charge in [0.25, 0.3) is 0 Å². The molecule has 0 atom stereocenters. The molecule has 0 radical (unpaired) electrons. The maximum Gasteiger partial charge on any atom is 0.238 e. The number of nitrogens with one attached hydrogen (secondary N) is 2. The summed E-state index contributed by atoms with van der Waals surface area (Å²) in [5, 5.41) is 11.4. The van der Waals surface area contributed by atoms with Gasteiger partial charge in [-0.3, -0.25) is 9.69 Å². The molecule has 2 aromatic rings. The molecular formula is C21H28N4O5S. The topological polar surface area (TPSA) is 123 Å². The summed E-state index contributed by atoms with van der Waals surface area (Å²) in [5.74, 6) is 1.25. The van der Waals surface area contributed by atoms with E-state index >= 15 is 0 Å². The molecule has 9 nitrogen and oxygen atoms in total. The summed E-state index contributed by atoms with van der Waals surface area (Å²) in [6.07, 6.45) is 1.77. The van der Waals surface area contributed by atoms with Crippen LogP contribution in [-0.2, 0) is 14.8 Å². The molecule has 168 valence electrons. The van der Waals surface area contributed by atoms with Gasteiger partial charge in [0, 0.05) is 48.7 Å². The van der Waals surface area contributed by atoms with Crippen LogP contribution in [0.5, 0.6) is 11.5 Å². The molecule has 1 fully saturated rings. The Hall–Kier alpha value is -2.82. The second-order valence-electron chi connectivity index (χ2n) is 7.42. The summed E-state index contributed by atoms with van der Waals surface area (Å²) in [4.78, 5) is 14.4. The number of carbonyl (C=O) groups excluding carboxylic acids is 1. The molecule has 0 aromatic heterocycles. The highest BCUT2D eigenvalue weighted by Gasteiger charge is 2.21. The van der Waals surface area contributed by atoms with E-state index < -0.39 is 10.0 Å². The van der Waals surface area contributed by atoms with Gasteiger partial charge in [-0.1, -0.05) is 6.07 Å². The van der Waals surface area contributed by atoms with Crippen LogP contribution in [0.2, 0.25) is 0 Å². The Kier molecular flexibility index (Phi) is 7.37. The van der Waals surface area contributed by atoms with Gasteiger partial charge in [0.15, 0.2) is 0 Å². The molecule has 4 N–H and O–H groups in total. The number of likely N-dealkylation sites (tertiary alicyclic amines) is 1. The fourth-order valence-electron chi connectivity index (χ4n) is 3.52. The predicted molar refractivity (Wildman–Crippen MR) is 119 cm³/mol. The smallest absolute Gasteiger partial charge is 0.238 e. The number of primary sulfonamides is 1. The molecule has 0 aliphatic carbocycles. The van der Waals surface area contributed by atoms with Crippen molar-refractivity contribution in [3.63, 3.8) is 0 Å². The third kappa shape index (κ3) is 6.58. The monoisotopic (exact) mass is 448 g/mol. The largest absolute Gasteiger partial charge is 0.497 e. The van der Waals surface area contributed by atoms with Crippen LogP contribution in [0.1, 0.15) is 12.8 Å². The summed E-state index contributed by atoms with van der Waals surface area (Å²) in [7, 11) is -0.577. The van der Waals surface area contributed by atoms with E-state index in [1.165, 1.54) is 12.1 Å². The van der Waals surface area contributed by atoms with Gasteiger partial charge in [0.2, 0.25) is 15.9 Å². The Balaban J connectivity index is 1.50. The average molecular weight is 449 g/mol. The Labute approximate surface area is 182 Å². The van der Waals surface area contributed by atoms with Crippen LogP contribution < -0.4 is 25.2 Å². The quantitative estimate of drug-likeness (QED) is 0.563. The van der Waals surface area contributed by atoms with Crippen LogP contribution in [0, 0.1) is 0 Å². The summed E-state index contributed by atoms with van der Waals surface area (Å²) >= 11 is 0.